The molecule has 152 valence electrons. The second-order valence-electron chi connectivity index (χ2n) is 7.66. The lowest BCUT2D eigenvalue weighted by atomic mass is 9.75. The summed E-state index contributed by atoms with van der Waals surface area (Å²) in [7, 11) is 1.87. The van der Waals surface area contributed by atoms with Gasteiger partial charge in [-0.2, -0.15) is 0 Å². The maximum absolute atomic E-state index is 14.5. The van der Waals surface area contributed by atoms with Crippen molar-refractivity contribution < 1.29 is 9.18 Å². The van der Waals surface area contributed by atoms with Crippen molar-refractivity contribution >= 4 is 23.9 Å². The van der Waals surface area contributed by atoms with Gasteiger partial charge in [-0.3, -0.25) is 4.79 Å². The van der Waals surface area contributed by atoms with Crippen molar-refractivity contribution in [2.45, 2.75) is 50.5 Å². The first-order chi connectivity index (χ1) is 13.4. The highest BCUT2D eigenvalue weighted by molar-refractivity contribution is 5.88. The van der Waals surface area contributed by atoms with E-state index in [4.69, 9.17) is 11.5 Å². The number of benzene rings is 1. The molecule has 7 nitrogen and oxygen atoms in total. The van der Waals surface area contributed by atoms with Crippen LogP contribution in [0.1, 0.15) is 49.1 Å². The predicted octanol–water partition coefficient (Wildman–Crippen LogP) is 1.92. The first kappa shape index (κ1) is 20.3. The van der Waals surface area contributed by atoms with E-state index in [-0.39, 0.29) is 29.0 Å². The van der Waals surface area contributed by atoms with Gasteiger partial charge in [0.05, 0.1) is 11.9 Å². The standard InChI is InChI=1S/C20H29FN6O/c1-13-10-17(26-19(23)25-12-22)16(21)11-15(13)14-4-8-27(9-5-14)18(28)20(24-2)6-3-7-20/h10-12,14,24H,3-9H2,1-2H3,(H4,22,23,25,26). The molecule has 1 saturated carbocycles. The smallest absolute Gasteiger partial charge is 0.242 e. The summed E-state index contributed by atoms with van der Waals surface area (Å²) in [6.45, 7) is 3.34. The molecule has 0 radical (unpaired) electrons. The molecule has 1 aliphatic heterocycles. The SMILES string of the molecule is CNC1(C(=O)N2CCC(c3cc(F)c(N=C(N)/N=C/N)cc3C)CC2)CCC1. The number of likely N-dealkylation sites (N-methyl/N-ethyl adjacent to an activating group) is 1. The summed E-state index contributed by atoms with van der Waals surface area (Å²) < 4.78 is 14.5. The molecule has 0 unspecified atom stereocenters. The molecule has 1 amide bonds. The topological polar surface area (TPSA) is 109 Å². The van der Waals surface area contributed by atoms with Crippen LogP contribution in [0.25, 0.3) is 0 Å². The van der Waals surface area contributed by atoms with Gasteiger partial charge in [-0.25, -0.2) is 14.4 Å². The van der Waals surface area contributed by atoms with Gasteiger partial charge < -0.3 is 21.7 Å². The fourth-order valence-corrected chi connectivity index (χ4v) is 4.23. The van der Waals surface area contributed by atoms with Crippen LogP contribution in [0, 0.1) is 12.7 Å². The van der Waals surface area contributed by atoms with Crippen LogP contribution < -0.4 is 16.8 Å². The van der Waals surface area contributed by atoms with Crippen molar-refractivity contribution in [1.82, 2.24) is 10.2 Å². The van der Waals surface area contributed by atoms with Crippen molar-refractivity contribution in [1.29, 1.82) is 0 Å². The highest BCUT2D eigenvalue weighted by Crippen LogP contribution is 2.37. The molecular formula is C20H29FN6O. The van der Waals surface area contributed by atoms with Crippen molar-refractivity contribution in [2.24, 2.45) is 21.5 Å². The minimum absolute atomic E-state index is 0.0881. The number of nitrogens with two attached hydrogens (primary N) is 2. The molecule has 1 heterocycles. The van der Waals surface area contributed by atoms with Gasteiger partial charge in [0.1, 0.15) is 11.5 Å². The van der Waals surface area contributed by atoms with Crippen LogP contribution in [0.15, 0.2) is 22.1 Å². The Kier molecular flexibility index (Phi) is 5.98. The van der Waals surface area contributed by atoms with E-state index >= 15 is 0 Å². The lowest BCUT2D eigenvalue weighted by molar-refractivity contribution is -0.143. The minimum atomic E-state index is -0.433. The first-order valence-corrected chi connectivity index (χ1v) is 9.77. The summed E-state index contributed by atoms with van der Waals surface area (Å²) in [5.41, 5.74) is 12.5. The quantitative estimate of drug-likeness (QED) is 0.541. The third-order valence-electron chi connectivity index (χ3n) is 6.09. The largest absolute Gasteiger partial charge is 0.390 e. The molecule has 1 aromatic carbocycles. The van der Waals surface area contributed by atoms with Crippen LogP contribution in [0.4, 0.5) is 10.1 Å². The van der Waals surface area contributed by atoms with Crippen molar-refractivity contribution in [3.8, 4) is 0 Å². The zero-order valence-corrected chi connectivity index (χ0v) is 16.5. The van der Waals surface area contributed by atoms with E-state index in [1.165, 1.54) is 6.07 Å². The molecule has 3 rings (SSSR count). The molecule has 2 aliphatic rings. The Balaban J connectivity index is 1.70. The fourth-order valence-electron chi connectivity index (χ4n) is 4.23. The minimum Gasteiger partial charge on any atom is -0.390 e. The molecule has 1 saturated heterocycles. The van der Waals surface area contributed by atoms with E-state index in [2.05, 4.69) is 15.3 Å². The van der Waals surface area contributed by atoms with Crippen LogP contribution in [0.2, 0.25) is 0 Å². The number of aryl methyl sites for hydroxylation is 1. The summed E-state index contributed by atoms with van der Waals surface area (Å²) in [4.78, 5) is 22.4. The van der Waals surface area contributed by atoms with E-state index in [0.29, 0.717) is 13.1 Å². The number of hydrogen-bond donors (Lipinski definition) is 3. The van der Waals surface area contributed by atoms with Crippen molar-refractivity contribution in [3.05, 3.63) is 29.1 Å². The first-order valence-electron chi connectivity index (χ1n) is 9.77. The second-order valence-corrected chi connectivity index (χ2v) is 7.66. The molecule has 0 aromatic heterocycles. The van der Waals surface area contributed by atoms with Gasteiger partial charge in [-0.1, -0.05) is 0 Å². The van der Waals surface area contributed by atoms with E-state index in [9.17, 15) is 9.18 Å². The lowest BCUT2D eigenvalue weighted by Crippen LogP contribution is -2.61. The number of aliphatic imine (C=N–C) groups is 2. The molecule has 1 aliphatic carbocycles. The average Bonchev–Trinajstić information content (AvgIpc) is 2.64. The molecule has 28 heavy (non-hydrogen) atoms. The molecule has 1 aromatic rings. The molecule has 0 atom stereocenters. The predicted molar refractivity (Wildman–Crippen MR) is 109 cm³/mol. The average molecular weight is 388 g/mol. The third kappa shape index (κ3) is 3.87. The molecule has 8 heteroatoms. The maximum Gasteiger partial charge on any atom is 0.242 e. The van der Waals surface area contributed by atoms with Gasteiger partial charge in [0, 0.05) is 13.1 Å². The van der Waals surface area contributed by atoms with Gasteiger partial charge in [-0.05, 0) is 75.3 Å². The van der Waals surface area contributed by atoms with E-state index in [1.807, 2.05) is 18.9 Å². The Hall–Kier alpha value is -2.48. The Morgan fingerprint density at radius 3 is 2.57 bits per heavy atom. The number of piperidine rings is 1. The second kappa shape index (κ2) is 8.26. The summed E-state index contributed by atoms with van der Waals surface area (Å²) in [6.07, 6.45) is 5.59. The summed E-state index contributed by atoms with van der Waals surface area (Å²) in [6, 6.07) is 3.22. The van der Waals surface area contributed by atoms with Crippen LogP contribution in [-0.4, -0.2) is 48.8 Å². The monoisotopic (exact) mass is 388 g/mol. The van der Waals surface area contributed by atoms with Crippen molar-refractivity contribution in [2.75, 3.05) is 20.1 Å². The van der Waals surface area contributed by atoms with Gasteiger partial charge in [-0.15, -0.1) is 0 Å². The Morgan fingerprint density at radius 2 is 2.04 bits per heavy atom. The number of rotatable bonds is 4. The van der Waals surface area contributed by atoms with Gasteiger partial charge in [0.25, 0.3) is 0 Å². The highest BCUT2D eigenvalue weighted by atomic mass is 19.1. The van der Waals surface area contributed by atoms with Crippen LogP contribution in [0.3, 0.4) is 0 Å². The fraction of sp³-hybridized carbons (Fsp3) is 0.550. The van der Waals surface area contributed by atoms with Crippen LogP contribution in [0.5, 0.6) is 0 Å². The Morgan fingerprint density at radius 1 is 1.36 bits per heavy atom. The summed E-state index contributed by atoms with van der Waals surface area (Å²) in [5.74, 6) is -0.0844. The molecular weight excluding hydrogens is 359 g/mol. The number of nitrogens with one attached hydrogen (secondary N) is 1. The van der Waals surface area contributed by atoms with Gasteiger partial charge in [0.15, 0.2) is 0 Å². The maximum atomic E-state index is 14.5. The number of carbonyl (C=O) groups is 1. The van der Waals surface area contributed by atoms with Crippen molar-refractivity contribution in [3.63, 3.8) is 0 Å². The number of nitrogens with zero attached hydrogens (tertiary/aromatic N) is 3. The lowest BCUT2D eigenvalue weighted by Gasteiger charge is -2.45. The number of guanidine groups is 1. The molecule has 0 spiro atoms. The number of likely N-dealkylation sites (tertiary alicyclic amines) is 1. The Bertz CT molecular complexity index is 789. The van der Waals surface area contributed by atoms with Crippen LogP contribution >= 0.6 is 0 Å². The van der Waals surface area contributed by atoms with Gasteiger partial charge in [0.2, 0.25) is 11.9 Å². The highest BCUT2D eigenvalue weighted by Gasteiger charge is 2.45. The zero-order valence-electron chi connectivity index (χ0n) is 16.5. The van der Waals surface area contributed by atoms with E-state index in [0.717, 1.165) is 49.6 Å². The molecule has 0 bridgehead atoms. The number of amides is 1. The normalized spacial score (nSPS) is 20.4. The number of halogens is 1. The summed E-state index contributed by atoms with van der Waals surface area (Å²) >= 11 is 0. The summed E-state index contributed by atoms with van der Waals surface area (Å²) in [5, 5.41) is 3.22. The Labute approximate surface area is 165 Å². The van der Waals surface area contributed by atoms with Gasteiger partial charge >= 0.3 is 0 Å². The van der Waals surface area contributed by atoms with Crippen LogP contribution in [-0.2, 0) is 4.79 Å². The molecule has 2 fully saturated rings. The third-order valence-corrected chi connectivity index (χ3v) is 6.09. The number of hydrogen-bond acceptors (Lipinski definition) is 3. The van der Waals surface area contributed by atoms with E-state index in [1.54, 1.807) is 6.07 Å². The van der Waals surface area contributed by atoms with E-state index < -0.39 is 5.82 Å². The number of carbonyl (C=O) groups excluding carboxylic acids is 1. The molecule has 5 N–H and O–H groups in total. The zero-order chi connectivity index (χ0) is 20.3.